The molecule has 7 nitrogen and oxygen atoms in total. The first-order valence-corrected chi connectivity index (χ1v) is 9.24. The van der Waals surface area contributed by atoms with Gasteiger partial charge in [0.1, 0.15) is 5.00 Å². The third kappa shape index (κ3) is 3.11. The second-order valence-corrected chi connectivity index (χ2v) is 6.95. The Labute approximate surface area is 150 Å². The molecule has 0 fully saturated rings. The Balaban J connectivity index is 1.58. The zero-order valence-corrected chi connectivity index (χ0v) is 14.8. The molecule has 0 spiro atoms. The summed E-state index contributed by atoms with van der Waals surface area (Å²) in [6.07, 6.45) is 0. The van der Waals surface area contributed by atoms with Crippen LogP contribution in [0.3, 0.4) is 0 Å². The number of thiazole rings is 1. The smallest absolute Gasteiger partial charge is 0.335 e. The summed E-state index contributed by atoms with van der Waals surface area (Å²) < 4.78 is 6.24. The fourth-order valence-electron chi connectivity index (χ4n) is 2.28. The first kappa shape index (κ1) is 15.7. The molecule has 0 aliphatic rings. The Hall–Kier alpha value is -2.78. The van der Waals surface area contributed by atoms with Crippen molar-refractivity contribution in [3.05, 3.63) is 40.7 Å². The molecule has 9 heteroatoms. The van der Waals surface area contributed by atoms with Crippen LogP contribution in [-0.4, -0.2) is 32.7 Å². The molecule has 4 aromatic rings. The van der Waals surface area contributed by atoms with Gasteiger partial charge < -0.3 is 10.1 Å². The molecule has 3 heterocycles. The fraction of sp³-hybridized carbons (Fsp3) is 0.125. The molecule has 3 aromatic heterocycles. The van der Waals surface area contributed by atoms with Gasteiger partial charge in [0.2, 0.25) is 0 Å². The number of hydrogen-bond donors (Lipinski definition) is 2. The third-order valence-corrected chi connectivity index (χ3v) is 5.24. The Bertz CT molecular complexity index is 1000. The molecule has 0 aliphatic heterocycles. The summed E-state index contributed by atoms with van der Waals surface area (Å²) >= 11 is 2.78. The largest absolute Gasteiger partial charge is 0.463 e. The van der Waals surface area contributed by atoms with Crippen molar-refractivity contribution in [2.45, 2.75) is 6.92 Å². The van der Waals surface area contributed by atoms with Gasteiger partial charge in [-0.05, 0) is 30.5 Å². The van der Waals surface area contributed by atoms with E-state index in [1.54, 1.807) is 0 Å². The Kier molecular flexibility index (Phi) is 4.16. The number of para-hydroxylation sites is 1. The summed E-state index contributed by atoms with van der Waals surface area (Å²) in [5.41, 5.74) is 1.58. The van der Waals surface area contributed by atoms with E-state index >= 15 is 0 Å². The number of ether oxygens (including phenoxy) is 1. The van der Waals surface area contributed by atoms with E-state index in [-0.39, 0.29) is 11.9 Å². The van der Waals surface area contributed by atoms with Gasteiger partial charge in [-0.3, -0.25) is 9.89 Å². The van der Waals surface area contributed by atoms with E-state index < -0.39 is 0 Å². The van der Waals surface area contributed by atoms with Crippen LogP contribution in [0.4, 0.5) is 5.00 Å². The Morgan fingerprint density at radius 1 is 1.28 bits per heavy atom. The standard InChI is InChI=1S/C16H13N5O2S2/c1-2-23-16-18-12(20-21-16)9-7-8-24-14(9)19-13(22)15-17-10-5-3-4-6-11(10)25-15/h3-8H,2H2,1H3,(H,19,22)(H,18,20,21). The molecule has 0 radical (unpaired) electrons. The topological polar surface area (TPSA) is 92.8 Å². The summed E-state index contributed by atoms with van der Waals surface area (Å²) in [5.74, 6) is 0.304. The average Bonchev–Trinajstić information content (AvgIpc) is 3.33. The van der Waals surface area contributed by atoms with Gasteiger partial charge in [-0.1, -0.05) is 12.1 Å². The second kappa shape index (κ2) is 6.61. The van der Waals surface area contributed by atoms with Gasteiger partial charge in [0.05, 0.1) is 22.4 Å². The summed E-state index contributed by atoms with van der Waals surface area (Å²) in [6, 6.07) is 9.83. The zero-order chi connectivity index (χ0) is 17.2. The highest BCUT2D eigenvalue weighted by Crippen LogP contribution is 2.32. The molecule has 4 rings (SSSR count). The normalized spacial score (nSPS) is 10.9. The zero-order valence-electron chi connectivity index (χ0n) is 13.1. The highest BCUT2D eigenvalue weighted by atomic mass is 32.1. The van der Waals surface area contributed by atoms with E-state index in [0.29, 0.717) is 22.4 Å². The maximum absolute atomic E-state index is 12.5. The molecule has 0 atom stereocenters. The van der Waals surface area contributed by atoms with Crippen molar-refractivity contribution in [3.63, 3.8) is 0 Å². The molecule has 126 valence electrons. The number of nitrogens with one attached hydrogen (secondary N) is 2. The quantitative estimate of drug-likeness (QED) is 0.557. The van der Waals surface area contributed by atoms with E-state index in [0.717, 1.165) is 15.8 Å². The summed E-state index contributed by atoms with van der Waals surface area (Å²) in [6.45, 7) is 2.35. The number of H-pyrrole nitrogens is 1. The molecule has 0 saturated carbocycles. The average molecular weight is 371 g/mol. The number of aromatic amines is 1. The van der Waals surface area contributed by atoms with Crippen LogP contribution in [0.2, 0.25) is 0 Å². The predicted octanol–water partition coefficient (Wildman–Crippen LogP) is 3.79. The lowest BCUT2D eigenvalue weighted by Gasteiger charge is -2.02. The lowest BCUT2D eigenvalue weighted by Crippen LogP contribution is -2.11. The number of nitrogens with zero attached hydrogens (tertiary/aromatic N) is 3. The minimum absolute atomic E-state index is 0.241. The number of carbonyl (C=O) groups excluding carboxylic acids is 1. The summed E-state index contributed by atoms with van der Waals surface area (Å²) in [4.78, 5) is 21.2. The van der Waals surface area contributed by atoms with E-state index in [9.17, 15) is 4.79 Å². The monoisotopic (exact) mass is 371 g/mol. The van der Waals surface area contributed by atoms with Gasteiger partial charge >= 0.3 is 6.01 Å². The van der Waals surface area contributed by atoms with Crippen LogP contribution in [0.1, 0.15) is 16.7 Å². The van der Waals surface area contributed by atoms with Crippen molar-refractivity contribution in [2.24, 2.45) is 0 Å². The van der Waals surface area contributed by atoms with Crippen molar-refractivity contribution in [3.8, 4) is 17.4 Å². The fourth-order valence-corrected chi connectivity index (χ4v) is 3.92. The highest BCUT2D eigenvalue weighted by molar-refractivity contribution is 7.20. The van der Waals surface area contributed by atoms with Gasteiger partial charge in [-0.2, -0.15) is 4.98 Å². The summed E-state index contributed by atoms with van der Waals surface area (Å²) in [7, 11) is 0. The molecule has 0 saturated heterocycles. The van der Waals surface area contributed by atoms with Crippen LogP contribution in [0.15, 0.2) is 35.7 Å². The third-order valence-electron chi connectivity index (χ3n) is 3.37. The van der Waals surface area contributed by atoms with Crippen molar-refractivity contribution in [2.75, 3.05) is 11.9 Å². The maximum Gasteiger partial charge on any atom is 0.335 e. The molecule has 0 bridgehead atoms. The number of anilines is 1. The molecular weight excluding hydrogens is 358 g/mol. The van der Waals surface area contributed by atoms with E-state index in [1.807, 2.05) is 42.6 Å². The number of carbonyl (C=O) groups is 1. The van der Waals surface area contributed by atoms with Gasteiger partial charge in [0.15, 0.2) is 10.8 Å². The van der Waals surface area contributed by atoms with Crippen molar-refractivity contribution in [1.29, 1.82) is 0 Å². The second-order valence-electron chi connectivity index (χ2n) is 5.00. The van der Waals surface area contributed by atoms with Crippen molar-refractivity contribution >= 4 is 43.8 Å². The van der Waals surface area contributed by atoms with E-state index in [2.05, 4.69) is 25.5 Å². The molecule has 0 unspecified atom stereocenters. The predicted molar refractivity (Wildman–Crippen MR) is 98.4 cm³/mol. The number of hydrogen-bond acceptors (Lipinski definition) is 7. The molecule has 1 amide bonds. The molecule has 0 aliphatic carbocycles. The van der Waals surface area contributed by atoms with Crippen LogP contribution >= 0.6 is 22.7 Å². The number of fused-ring (bicyclic) bond motifs is 1. The lowest BCUT2D eigenvalue weighted by molar-refractivity contribution is 0.102. The van der Waals surface area contributed by atoms with Gasteiger partial charge in [-0.15, -0.1) is 27.8 Å². The molecule has 2 N–H and O–H groups in total. The number of amides is 1. The highest BCUT2D eigenvalue weighted by Gasteiger charge is 2.17. The number of thiophene rings is 1. The number of aromatic nitrogens is 4. The number of rotatable bonds is 5. The number of benzene rings is 1. The first-order valence-electron chi connectivity index (χ1n) is 7.54. The molecule has 1 aromatic carbocycles. The van der Waals surface area contributed by atoms with Crippen molar-refractivity contribution < 1.29 is 9.53 Å². The van der Waals surface area contributed by atoms with E-state index in [1.165, 1.54) is 22.7 Å². The Morgan fingerprint density at radius 3 is 3.00 bits per heavy atom. The van der Waals surface area contributed by atoms with Gasteiger partial charge in [0, 0.05) is 0 Å². The maximum atomic E-state index is 12.5. The van der Waals surface area contributed by atoms with Crippen LogP contribution in [-0.2, 0) is 0 Å². The van der Waals surface area contributed by atoms with Crippen LogP contribution in [0, 0.1) is 0 Å². The van der Waals surface area contributed by atoms with Crippen LogP contribution < -0.4 is 10.1 Å². The van der Waals surface area contributed by atoms with E-state index in [4.69, 9.17) is 4.74 Å². The van der Waals surface area contributed by atoms with Gasteiger partial charge in [0.25, 0.3) is 5.91 Å². The van der Waals surface area contributed by atoms with Crippen LogP contribution in [0.5, 0.6) is 6.01 Å². The minimum Gasteiger partial charge on any atom is -0.463 e. The van der Waals surface area contributed by atoms with Gasteiger partial charge in [-0.25, -0.2) is 4.98 Å². The van der Waals surface area contributed by atoms with Crippen molar-refractivity contribution in [1.82, 2.24) is 20.2 Å². The minimum atomic E-state index is -0.241. The SMILES string of the molecule is CCOc1n[nH]c(-c2ccsc2NC(=O)c2nc3ccccc3s2)n1. The lowest BCUT2D eigenvalue weighted by atomic mass is 10.3. The summed E-state index contributed by atoms with van der Waals surface area (Å²) in [5, 5.41) is 12.7. The Morgan fingerprint density at radius 2 is 2.16 bits per heavy atom. The first-order chi connectivity index (χ1) is 12.2. The van der Waals surface area contributed by atoms with Crippen LogP contribution in [0.25, 0.3) is 21.6 Å². The molecule has 25 heavy (non-hydrogen) atoms. The molecular formula is C16H13N5O2S2.